The molecule has 2 aromatic rings. The second-order valence-electron chi connectivity index (χ2n) is 6.48. The van der Waals surface area contributed by atoms with Crippen LogP contribution in [-0.4, -0.2) is 45.6 Å². The Kier molecular flexibility index (Phi) is 5.54. The van der Waals surface area contributed by atoms with E-state index in [-0.39, 0.29) is 37.4 Å². The molecule has 0 spiro atoms. The van der Waals surface area contributed by atoms with Crippen LogP contribution in [0.15, 0.2) is 30.3 Å². The Balaban J connectivity index is 1.52. The molecule has 4 amide bonds. The van der Waals surface area contributed by atoms with Crippen molar-refractivity contribution >= 4 is 17.8 Å². The molecule has 0 radical (unpaired) electrons. The molecule has 0 bridgehead atoms. The van der Waals surface area contributed by atoms with Gasteiger partial charge in [-0.2, -0.15) is 5.10 Å². The van der Waals surface area contributed by atoms with E-state index in [9.17, 15) is 14.4 Å². The average molecular weight is 369 g/mol. The first kappa shape index (κ1) is 18.6. The maximum atomic E-state index is 12.1. The standard InChI is InChI=1S/C19H23N5O3/c1-13-16(14(2)24(22-13)15-7-4-3-5-8-15)11-20-17(25)9-6-10-23-18(26)12-21-19(23)27/h3-5,7-8H,6,9-12H2,1-2H3,(H,20,25)(H,21,27). The van der Waals surface area contributed by atoms with Gasteiger partial charge in [0.25, 0.3) is 0 Å². The lowest BCUT2D eigenvalue weighted by Gasteiger charge is -2.12. The van der Waals surface area contributed by atoms with Crippen LogP contribution in [-0.2, 0) is 16.1 Å². The number of nitrogens with one attached hydrogen (secondary N) is 2. The minimum atomic E-state index is -0.389. The molecule has 3 rings (SSSR count). The molecular weight excluding hydrogens is 346 g/mol. The number of nitrogens with zero attached hydrogens (tertiary/aromatic N) is 3. The molecule has 8 heteroatoms. The molecule has 1 aromatic carbocycles. The number of imide groups is 1. The quantitative estimate of drug-likeness (QED) is 0.722. The van der Waals surface area contributed by atoms with Crippen molar-refractivity contribution in [2.24, 2.45) is 0 Å². The van der Waals surface area contributed by atoms with E-state index in [0.717, 1.165) is 27.5 Å². The minimum absolute atomic E-state index is 0.0367. The summed E-state index contributed by atoms with van der Waals surface area (Å²) in [5.74, 6) is -0.367. The lowest BCUT2D eigenvalue weighted by Crippen LogP contribution is -2.32. The summed E-state index contributed by atoms with van der Waals surface area (Å²) >= 11 is 0. The van der Waals surface area contributed by atoms with Crippen LogP contribution in [0.3, 0.4) is 0 Å². The Hall–Kier alpha value is -3.16. The lowest BCUT2D eigenvalue weighted by atomic mass is 10.2. The second-order valence-corrected chi connectivity index (χ2v) is 6.48. The number of para-hydroxylation sites is 1. The Labute approximate surface area is 157 Å². The SMILES string of the molecule is Cc1nn(-c2ccccc2)c(C)c1CNC(=O)CCCN1C(=O)CNC1=O. The van der Waals surface area contributed by atoms with Crippen molar-refractivity contribution in [1.82, 2.24) is 25.3 Å². The van der Waals surface area contributed by atoms with Gasteiger partial charge in [0.2, 0.25) is 11.8 Å². The van der Waals surface area contributed by atoms with E-state index >= 15 is 0 Å². The van der Waals surface area contributed by atoms with Gasteiger partial charge in [-0.25, -0.2) is 9.48 Å². The predicted molar refractivity (Wildman–Crippen MR) is 99.2 cm³/mol. The number of aryl methyl sites for hydroxylation is 1. The molecule has 0 saturated carbocycles. The van der Waals surface area contributed by atoms with Crippen molar-refractivity contribution < 1.29 is 14.4 Å². The molecule has 1 aromatic heterocycles. The fraction of sp³-hybridized carbons (Fsp3) is 0.368. The zero-order valence-corrected chi connectivity index (χ0v) is 15.5. The molecule has 1 saturated heterocycles. The number of carbonyl (C=O) groups excluding carboxylic acids is 3. The summed E-state index contributed by atoms with van der Waals surface area (Å²) < 4.78 is 1.87. The maximum Gasteiger partial charge on any atom is 0.324 e. The summed E-state index contributed by atoms with van der Waals surface area (Å²) in [5, 5.41) is 9.92. The van der Waals surface area contributed by atoms with Gasteiger partial charge in [0.05, 0.1) is 17.9 Å². The van der Waals surface area contributed by atoms with Crippen LogP contribution in [0.5, 0.6) is 0 Å². The first-order valence-corrected chi connectivity index (χ1v) is 8.93. The van der Waals surface area contributed by atoms with E-state index in [1.165, 1.54) is 0 Å². The van der Waals surface area contributed by atoms with Gasteiger partial charge >= 0.3 is 6.03 Å². The summed E-state index contributed by atoms with van der Waals surface area (Å²) in [6.45, 7) is 4.58. The molecular formula is C19H23N5O3. The van der Waals surface area contributed by atoms with Crippen LogP contribution in [0.2, 0.25) is 0 Å². The molecule has 1 aliphatic rings. The fourth-order valence-corrected chi connectivity index (χ4v) is 3.11. The highest BCUT2D eigenvalue weighted by atomic mass is 16.2. The Morgan fingerprint density at radius 2 is 1.96 bits per heavy atom. The Bertz CT molecular complexity index is 844. The van der Waals surface area contributed by atoms with Crippen LogP contribution >= 0.6 is 0 Å². The Morgan fingerprint density at radius 1 is 1.22 bits per heavy atom. The van der Waals surface area contributed by atoms with Crippen molar-refractivity contribution in [3.8, 4) is 5.69 Å². The molecule has 142 valence electrons. The van der Waals surface area contributed by atoms with E-state index in [1.807, 2.05) is 48.9 Å². The highest BCUT2D eigenvalue weighted by Gasteiger charge is 2.27. The first-order valence-electron chi connectivity index (χ1n) is 8.93. The summed E-state index contributed by atoms with van der Waals surface area (Å²) in [6.07, 6.45) is 0.689. The average Bonchev–Trinajstić information content (AvgIpc) is 3.13. The maximum absolute atomic E-state index is 12.1. The molecule has 1 aliphatic heterocycles. The molecule has 1 fully saturated rings. The minimum Gasteiger partial charge on any atom is -0.352 e. The Morgan fingerprint density at radius 3 is 2.63 bits per heavy atom. The van der Waals surface area contributed by atoms with Crippen molar-refractivity contribution in [2.75, 3.05) is 13.1 Å². The summed E-state index contributed by atoms with van der Waals surface area (Å²) in [7, 11) is 0. The topological polar surface area (TPSA) is 96.3 Å². The summed E-state index contributed by atoms with van der Waals surface area (Å²) in [4.78, 5) is 36.2. The van der Waals surface area contributed by atoms with Gasteiger partial charge in [-0.15, -0.1) is 0 Å². The third-order valence-corrected chi connectivity index (χ3v) is 4.63. The zero-order valence-electron chi connectivity index (χ0n) is 15.5. The van der Waals surface area contributed by atoms with E-state index in [4.69, 9.17) is 0 Å². The number of urea groups is 1. The van der Waals surface area contributed by atoms with Crippen LogP contribution in [0.25, 0.3) is 5.69 Å². The van der Waals surface area contributed by atoms with E-state index in [2.05, 4.69) is 15.7 Å². The molecule has 0 unspecified atom stereocenters. The monoisotopic (exact) mass is 369 g/mol. The van der Waals surface area contributed by atoms with E-state index < -0.39 is 0 Å². The largest absolute Gasteiger partial charge is 0.352 e. The van der Waals surface area contributed by atoms with Gasteiger partial charge in [0, 0.05) is 30.8 Å². The van der Waals surface area contributed by atoms with E-state index in [1.54, 1.807) is 0 Å². The number of hydrogen-bond acceptors (Lipinski definition) is 4. The number of benzene rings is 1. The predicted octanol–water partition coefficient (Wildman–Crippen LogP) is 1.44. The molecule has 27 heavy (non-hydrogen) atoms. The summed E-state index contributed by atoms with van der Waals surface area (Å²) in [6, 6.07) is 9.45. The summed E-state index contributed by atoms with van der Waals surface area (Å²) in [5.41, 5.74) is 3.82. The van der Waals surface area contributed by atoms with Gasteiger partial charge in [-0.1, -0.05) is 18.2 Å². The molecule has 0 aliphatic carbocycles. The lowest BCUT2D eigenvalue weighted by molar-refractivity contribution is -0.126. The van der Waals surface area contributed by atoms with E-state index in [0.29, 0.717) is 13.0 Å². The van der Waals surface area contributed by atoms with Crippen molar-refractivity contribution in [3.63, 3.8) is 0 Å². The normalized spacial score (nSPS) is 13.8. The van der Waals surface area contributed by atoms with Crippen LogP contribution in [0.4, 0.5) is 4.79 Å². The number of amides is 4. The van der Waals surface area contributed by atoms with Gasteiger partial charge in [0.1, 0.15) is 0 Å². The number of hydrogen-bond donors (Lipinski definition) is 2. The molecule has 2 heterocycles. The third-order valence-electron chi connectivity index (χ3n) is 4.63. The zero-order chi connectivity index (χ0) is 19.4. The van der Waals surface area contributed by atoms with Gasteiger partial charge in [-0.3, -0.25) is 14.5 Å². The molecule has 8 nitrogen and oxygen atoms in total. The second kappa shape index (κ2) is 8.03. The van der Waals surface area contributed by atoms with Crippen molar-refractivity contribution in [2.45, 2.75) is 33.2 Å². The first-order chi connectivity index (χ1) is 13.0. The van der Waals surface area contributed by atoms with Gasteiger partial charge in [0.15, 0.2) is 0 Å². The fourth-order valence-electron chi connectivity index (χ4n) is 3.11. The van der Waals surface area contributed by atoms with Crippen molar-refractivity contribution in [1.29, 1.82) is 0 Å². The van der Waals surface area contributed by atoms with Gasteiger partial charge in [-0.05, 0) is 32.4 Å². The van der Waals surface area contributed by atoms with Crippen LogP contribution in [0.1, 0.15) is 29.8 Å². The molecule has 2 N–H and O–H groups in total. The number of aromatic nitrogens is 2. The smallest absolute Gasteiger partial charge is 0.324 e. The van der Waals surface area contributed by atoms with Crippen LogP contribution < -0.4 is 10.6 Å². The van der Waals surface area contributed by atoms with Crippen molar-refractivity contribution in [3.05, 3.63) is 47.3 Å². The van der Waals surface area contributed by atoms with Crippen LogP contribution in [0, 0.1) is 13.8 Å². The third kappa shape index (κ3) is 4.16. The number of rotatable bonds is 7. The number of carbonyl (C=O) groups is 3. The molecule has 0 atom stereocenters. The van der Waals surface area contributed by atoms with Gasteiger partial charge < -0.3 is 10.6 Å². The highest BCUT2D eigenvalue weighted by Crippen LogP contribution is 2.17. The highest BCUT2D eigenvalue weighted by molar-refractivity contribution is 6.01.